The number of halogens is 1. The first-order chi connectivity index (χ1) is 12.7. The summed E-state index contributed by atoms with van der Waals surface area (Å²) in [5.74, 6) is 0.805. The fourth-order valence-corrected chi connectivity index (χ4v) is 4.95. The van der Waals surface area contributed by atoms with Crippen LogP contribution in [0.3, 0.4) is 0 Å². The molecule has 3 rings (SSSR count). The maximum atomic E-state index is 12.7. The minimum absolute atomic E-state index is 0.402. The largest absolute Gasteiger partial charge is 0.496 e. The lowest BCUT2D eigenvalue weighted by molar-refractivity contribution is 0.265. The van der Waals surface area contributed by atoms with E-state index in [2.05, 4.69) is 19.0 Å². The first-order valence-electron chi connectivity index (χ1n) is 8.83. The number of nitrogens with zero attached hydrogens (tertiary/aromatic N) is 2. The number of likely N-dealkylation sites (N-methyl/N-ethyl adjacent to an activating group) is 1. The molecule has 0 fully saturated rings. The number of rotatable bonds is 5. The van der Waals surface area contributed by atoms with Gasteiger partial charge in [0.2, 0.25) is 10.0 Å². The second-order valence-corrected chi connectivity index (χ2v) is 9.38. The van der Waals surface area contributed by atoms with Crippen LogP contribution in [0.1, 0.15) is 17.5 Å². The number of benzene rings is 2. The Hall–Kier alpha value is -1.76. The number of sulfonamides is 1. The summed E-state index contributed by atoms with van der Waals surface area (Å²) in [6.45, 7) is 0. The van der Waals surface area contributed by atoms with Crippen LogP contribution in [0, 0.1) is 0 Å². The van der Waals surface area contributed by atoms with Crippen LogP contribution < -0.4 is 9.04 Å². The Kier molecular flexibility index (Phi) is 5.70. The molecule has 0 spiro atoms. The van der Waals surface area contributed by atoms with Crippen LogP contribution in [0.25, 0.3) is 0 Å². The van der Waals surface area contributed by atoms with Gasteiger partial charge in [0, 0.05) is 16.6 Å². The van der Waals surface area contributed by atoms with E-state index in [9.17, 15) is 8.42 Å². The van der Waals surface area contributed by atoms with Crippen LogP contribution in [-0.2, 0) is 22.9 Å². The van der Waals surface area contributed by atoms with Crippen molar-refractivity contribution in [3.63, 3.8) is 0 Å². The average Bonchev–Trinajstić information content (AvgIpc) is 2.60. The number of ether oxygens (including phenoxy) is 1. The molecule has 0 saturated carbocycles. The molecule has 1 aliphatic carbocycles. The molecule has 0 bridgehead atoms. The van der Waals surface area contributed by atoms with Gasteiger partial charge in [-0.2, -0.15) is 0 Å². The lowest BCUT2D eigenvalue weighted by atomic mass is 9.86. The Bertz CT molecular complexity index is 944. The van der Waals surface area contributed by atoms with Crippen molar-refractivity contribution in [2.45, 2.75) is 25.3 Å². The highest BCUT2D eigenvalue weighted by atomic mass is 35.5. The molecule has 7 heteroatoms. The Labute approximate surface area is 166 Å². The zero-order valence-electron chi connectivity index (χ0n) is 16.1. The minimum atomic E-state index is -3.55. The van der Waals surface area contributed by atoms with E-state index >= 15 is 0 Å². The molecule has 1 atom stereocenters. The molecule has 0 unspecified atom stereocenters. The van der Waals surface area contributed by atoms with Gasteiger partial charge in [-0.1, -0.05) is 17.7 Å². The molecule has 2 aromatic rings. The van der Waals surface area contributed by atoms with Crippen molar-refractivity contribution < 1.29 is 13.2 Å². The van der Waals surface area contributed by atoms with Crippen LogP contribution >= 0.6 is 11.6 Å². The van der Waals surface area contributed by atoms with Gasteiger partial charge in [0.25, 0.3) is 0 Å². The standard InChI is InChI=1S/C20H25ClN2O3S/c1-22(2)15-8-9-17-18(13-15)20(26-3)11-10-19(17)23(27(4,24)25)16-7-5-6-14(21)12-16/h5-7,10-12,15H,8-9,13H2,1-4H3/t15-/m0/s1. The van der Waals surface area contributed by atoms with Crippen molar-refractivity contribution in [3.05, 3.63) is 52.5 Å². The maximum Gasteiger partial charge on any atom is 0.236 e. The van der Waals surface area contributed by atoms with E-state index in [1.54, 1.807) is 31.4 Å². The molecule has 27 heavy (non-hydrogen) atoms. The zero-order valence-corrected chi connectivity index (χ0v) is 17.6. The summed E-state index contributed by atoms with van der Waals surface area (Å²) in [6, 6.07) is 11.0. The summed E-state index contributed by atoms with van der Waals surface area (Å²) in [6.07, 6.45) is 3.80. The molecular formula is C20H25ClN2O3S. The van der Waals surface area contributed by atoms with Gasteiger partial charge in [-0.15, -0.1) is 0 Å². The highest BCUT2D eigenvalue weighted by Gasteiger charge is 2.30. The quantitative estimate of drug-likeness (QED) is 0.753. The molecule has 0 heterocycles. The molecular weight excluding hydrogens is 384 g/mol. The van der Waals surface area contributed by atoms with E-state index in [-0.39, 0.29) is 0 Å². The topological polar surface area (TPSA) is 49.9 Å². The number of methoxy groups -OCH3 is 1. The molecule has 5 nitrogen and oxygen atoms in total. The lowest BCUT2D eigenvalue weighted by Gasteiger charge is -2.34. The average molecular weight is 409 g/mol. The van der Waals surface area contributed by atoms with Gasteiger partial charge >= 0.3 is 0 Å². The van der Waals surface area contributed by atoms with Gasteiger partial charge in [-0.25, -0.2) is 12.7 Å². The Morgan fingerprint density at radius 1 is 1.15 bits per heavy atom. The second kappa shape index (κ2) is 7.70. The van der Waals surface area contributed by atoms with E-state index in [0.717, 1.165) is 36.1 Å². The van der Waals surface area contributed by atoms with Crippen molar-refractivity contribution in [1.29, 1.82) is 0 Å². The normalized spacial score (nSPS) is 16.9. The van der Waals surface area contributed by atoms with E-state index in [1.807, 2.05) is 12.1 Å². The SMILES string of the molecule is COc1ccc(N(c2cccc(Cl)c2)S(C)(=O)=O)c2c1C[C@@H](N(C)C)CC2. The van der Waals surface area contributed by atoms with Crippen LogP contribution in [0.5, 0.6) is 5.75 Å². The first-order valence-corrected chi connectivity index (χ1v) is 11.1. The smallest absolute Gasteiger partial charge is 0.236 e. The zero-order chi connectivity index (χ0) is 19.8. The second-order valence-electron chi connectivity index (χ2n) is 7.11. The number of anilines is 2. The van der Waals surface area contributed by atoms with Crippen LogP contribution in [0.15, 0.2) is 36.4 Å². The fraction of sp³-hybridized carbons (Fsp3) is 0.400. The minimum Gasteiger partial charge on any atom is -0.496 e. The van der Waals surface area contributed by atoms with Crippen molar-refractivity contribution >= 4 is 33.0 Å². The molecule has 0 radical (unpaired) electrons. The molecule has 1 aliphatic rings. The molecule has 0 saturated heterocycles. The van der Waals surface area contributed by atoms with Crippen molar-refractivity contribution in [2.24, 2.45) is 0 Å². The van der Waals surface area contributed by atoms with Crippen LogP contribution in [-0.4, -0.2) is 46.8 Å². The predicted molar refractivity (Wildman–Crippen MR) is 111 cm³/mol. The van der Waals surface area contributed by atoms with Gasteiger partial charge < -0.3 is 9.64 Å². The van der Waals surface area contributed by atoms with Gasteiger partial charge in [-0.05, 0) is 69.3 Å². The summed E-state index contributed by atoms with van der Waals surface area (Å²) >= 11 is 6.12. The third-order valence-corrected chi connectivity index (χ3v) is 6.38. The number of hydrogen-bond donors (Lipinski definition) is 0. The van der Waals surface area contributed by atoms with Crippen molar-refractivity contribution in [3.8, 4) is 5.75 Å². The first kappa shape index (κ1) is 20.0. The predicted octanol–water partition coefficient (Wildman–Crippen LogP) is 3.87. The number of fused-ring (bicyclic) bond motifs is 1. The van der Waals surface area contributed by atoms with Crippen molar-refractivity contribution in [1.82, 2.24) is 4.90 Å². The summed E-state index contributed by atoms with van der Waals surface area (Å²) in [5, 5.41) is 0.496. The fourth-order valence-electron chi connectivity index (χ4n) is 3.74. The van der Waals surface area contributed by atoms with E-state index in [0.29, 0.717) is 22.4 Å². The summed E-state index contributed by atoms with van der Waals surface area (Å²) in [7, 11) is 2.25. The third-order valence-electron chi connectivity index (χ3n) is 5.07. The molecule has 0 amide bonds. The van der Waals surface area contributed by atoms with Crippen LogP contribution in [0.4, 0.5) is 11.4 Å². The summed E-state index contributed by atoms with van der Waals surface area (Å²) in [5.41, 5.74) is 3.31. The highest BCUT2D eigenvalue weighted by Crippen LogP contribution is 2.41. The van der Waals surface area contributed by atoms with E-state index in [4.69, 9.17) is 16.3 Å². The Morgan fingerprint density at radius 2 is 1.89 bits per heavy atom. The highest BCUT2D eigenvalue weighted by molar-refractivity contribution is 7.92. The van der Waals surface area contributed by atoms with E-state index < -0.39 is 10.0 Å². The Balaban J connectivity index is 2.19. The molecule has 0 aromatic heterocycles. The monoisotopic (exact) mass is 408 g/mol. The lowest BCUT2D eigenvalue weighted by Crippen LogP contribution is -2.35. The summed E-state index contributed by atoms with van der Waals surface area (Å²) in [4.78, 5) is 2.21. The molecule has 146 valence electrons. The maximum absolute atomic E-state index is 12.7. The van der Waals surface area contributed by atoms with Gasteiger partial charge in [0.1, 0.15) is 5.75 Å². The van der Waals surface area contributed by atoms with Gasteiger partial charge in [0.15, 0.2) is 0 Å². The van der Waals surface area contributed by atoms with Gasteiger partial charge in [0.05, 0.1) is 24.7 Å². The van der Waals surface area contributed by atoms with Crippen molar-refractivity contribution in [2.75, 3.05) is 31.8 Å². The number of hydrogen-bond acceptors (Lipinski definition) is 4. The molecule has 2 aromatic carbocycles. The van der Waals surface area contributed by atoms with Crippen LogP contribution in [0.2, 0.25) is 5.02 Å². The Morgan fingerprint density at radius 3 is 2.48 bits per heavy atom. The van der Waals surface area contributed by atoms with Gasteiger partial charge in [-0.3, -0.25) is 0 Å². The summed E-state index contributed by atoms with van der Waals surface area (Å²) < 4.78 is 32.4. The third kappa shape index (κ3) is 4.08. The molecule has 0 aliphatic heterocycles. The van der Waals surface area contributed by atoms with E-state index in [1.165, 1.54) is 10.6 Å². The molecule has 0 N–H and O–H groups in total.